The summed E-state index contributed by atoms with van der Waals surface area (Å²) in [5.41, 5.74) is 4.87. The Bertz CT molecular complexity index is 614. The molecule has 3 nitrogen and oxygen atoms in total. The summed E-state index contributed by atoms with van der Waals surface area (Å²) in [5, 5.41) is 14.2. The third-order valence-electron chi connectivity index (χ3n) is 3.41. The van der Waals surface area contributed by atoms with Crippen molar-refractivity contribution in [3.8, 4) is 0 Å². The highest BCUT2D eigenvalue weighted by Crippen LogP contribution is 2.33. The third-order valence-corrected chi connectivity index (χ3v) is 3.66. The standard InChI is InChI=1S/C15H15ClN2O/c16-14-5-1-11(2-6-14)9-12-3-4-13-10-17-18(7-8-19)15(12)13/h1-2,5-6,9-10,19H,3-4,7-8H2/b12-9-. The van der Waals surface area contributed by atoms with E-state index < -0.39 is 0 Å². The molecule has 0 atom stereocenters. The maximum absolute atomic E-state index is 9.08. The smallest absolute Gasteiger partial charge is 0.0675 e. The molecule has 1 heterocycles. The van der Waals surface area contributed by atoms with Gasteiger partial charge in [0.15, 0.2) is 0 Å². The zero-order valence-corrected chi connectivity index (χ0v) is 11.3. The molecule has 0 aliphatic heterocycles. The first-order valence-corrected chi connectivity index (χ1v) is 6.78. The number of nitrogens with zero attached hydrogens (tertiary/aromatic N) is 2. The first-order chi connectivity index (χ1) is 9.28. The molecule has 19 heavy (non-hydrogen) atoms. The van der Waals surface area contributed by atoms with E-state index in [1.807, 2.05) is 35.1 Å². The van der Waals surface area contributed by atoms with Gasteiger partial charge in [-0.3, -0.25) is 4.68 Å². The van der Waals surface area contributed by atoms with E-state index in [2.05, 4.69) is 11.2 Å². The number of hydrogen-bond acceptors (Lipinski definition) is 2. The molecular formula is C15H15ClN2O. The highest BCUT2D eigenvalue weighted by atomic mass is 35.5. The molecule has 0 radical (unpaired) electrons. The lowest BCUT2D eigenvalue weighted by Gasteiger charge is -2.06. The molecule has 0 saturated heterocycles. The Balaban J connectivity index is 1.96. The number of aliphatic hydroxyl groups excluding tert-OH is 1. The highest BCUT2D eigenvalue weighted by Gasteiger charge is 2.21. The van der Waals surface area contributed by atoms with Gasteiger partial charge in [-0.15, -0.1) is 0 Å². The van der Waals surface area contributed by atoms with Gasteiger partial charge in [-0.2, -0.15) is 5.10 Å². The zero-order valence-electron chi connectivity index (χ0n) is 10.5. The minimum atomic E-state index is 0.113. The topological polar surface area (TPSA) is 38.0 Å². The van der Waals surface area contributed by atoms with Crippen molar-refractivity contribution in [2.75, 3.05) is 6.61 Å². The monoisotopic (exact) mass is 274 g/mol. The SMILES string of the molecule is OCCn1ncc2c1/C(=C\c1ccc(Cl)cc1)CC2. The predicted molar refractivity (Wildman–Crippen MR) is 77.0 cm³/mol. The van der Waals surface area contributed by atoms with Crippen molar-refractivity contribution in [2.45, 2.75) is 19.4 Å². The lowest BCUT2D eigenvalue weighted by molar-refractivity contribution is 0.269. The summed E-state index contributed by atoms with van der Waals surface area (Å²) in [6.45, 7) is 0.662. The van der Waals surface area contributed by atoms with Crippen molar-refractivity contribution in [2.24, 2.45) is 0 Å². The summed E-state index contributed by atoms with van der Waals surface area (Å²) in [5.74, 6) is 0. The number of hydrogen-bond donors (Lipinski definition) is 1. The van der Waals surface area contributed by atoms with Crippen LogP contribution in [0.25, 0.3) is 11.6 Å². The average molecular weight is 275 g/mol. The normalized spacial score (nSPS) is 16.0. The van der Waals surface area contributed by atoms with Crippen molar-refractivity contribution in [1.29, 1.82) is 0 Å². The maximum atomic E-state index is 9.08. The Morgan fingerprint density at radius 1 is 1.26 bits per heavy atom. The Morgan fingerprint density at radius 3 is 2.79 bits per heavy atom. The van der Waals surface area contributed by atoms with Gasteiger partial charge in [-0.1, -0.05) is 23.7 Å². The second-order valence-electron chi connectivity index (χ2n) is 4.69. The molecule has 0 saturated carbocycles. The number of allylic oxidation sites excluding steroid dienone is 1. The molecule has 0 unspecified atom stereocenters. The Labute approximate surface area is 117 Å². The lowest BCUT2D eigenvalue weighted by Crippen LogP contribution is -2.06. The van der Waals surface area contributed by atoms with Gasteiger partial charge in [-0.25, -0.2) is 0 Å². The number of aryl methyl sites for hydroxylation is 1. The quantitative estimate of drug-likeness (QED) is 0.934. The molecule has 0 bridgehead atoms. The van der Waals surface area contributed by atoms with Crippen LogP contribution < -0.4 is 0 Å². The summed E-state index contributed by atoms with van der Waals surface area (Å²) in [7, 11) is 0. The second-order valence-corrected chi connectivity index (χ2v) is 5.12. The van der Waals surface area contributed by atoms with Gasteiger partial charge in [0.1, 0.15) is 0 Å². The van der Waals surface area contributed by atoms with E-state index >= 15 is 0 Å². The zero-order chi connectivity index (χ0) is 13.2. The molecule has 1 N–H and O–H groups in total. The molecule has 2 aromatic rings. The van der Waals surface area contributed by atoms with E-state index in [0.717, 1.165) is 23.4 Å². The van der Waals surface area contributed by atoms with Gasteiger partial charge < -0.3 is 5.11 Å². The molecule has 1 aromatic carbocycles. The summed E-state index contributed by atoms with van der Waals surface area (Å²) >= 11 is 5.90. The molecule has 0 fully saturated rings. The fourth-order valence-electron chi connectivity index (χ4n) is 2.53. The maximum Gasteiger partial charge on any atom is 0.0675 e. The van der Waals surface area contributed by atoms with Crippen LogP contribution in [0.2, 0.25) is 5.02 Å². The number of fused-ring (bicyclic) bond motifs is 1. The molecule has 1 aliphatic rings. The van der Waals surface area contributed by atoms with Crippen molar-refractivity contribution < 1.29 is 5.11 Å². The van der Waals surface area contributed by atoms with E-state index in [9.17, 15) is 0 Å². The van der Waals surface area contributed by atoms with Crippen LogP contribution in [-0.2, 0) is 13.0 Å². The van der Waals surface area contributed by atoms with Gasteiger partial charge in [0.05, 0.1) is 25.0 Å². The molecule has 3 rings (SSSR count). The van der Waals surface area contributed by atoms with Crippen molar-refractivity contribution in [1.82, 2.24) is 9.78 Å². The van der Waals surface area contributed by atoms with Crippen LogP contribution in [0.1, 0.15) is 23.2 Å². The van der Waals surface area contributed by atoms with Crippen LogP contribution in [0.5, 0.6) is 0 Å². The number of rotatable bonds is 3. The van der Waals surface area contributed by atoms with Crippen LogP contribution in [0.15, 0.2) is 30.5 Å². The van der Waals surface area contributed by atoms with E-state index in [0.29, 0.717) is 6.54 Å². The molecule has 1 aromatic heterocycles. The largest absolute Gasteiger partial charge is 0.394 e. The van der Waals surface area contributed by atoms with E-state index in [1.54, 1.807) is 0 Å². The fraction of sp³-hybridized carbons (Fsp3) is 0.267. The van der Waals surface area contributed by atoms with Crippen molar-refractivity contribution >= 4 is 23.3 Å². The lowest BCUT2D eigenvalue weighted by atomic mass is 10.1. The van der Waals surface area contributed by atoms with Crippen LogP contribution in [0, 0.1) is 0 Å². The van der Waals surface area contributed by atoms with Gasteiger partial charge in [0.25, 0.3) is 0 Å². The Kier molecular flexibility index (Phi) is 3.40. The van der Waals surface area contributed by atoms with Gasteiger partial charge in [-0.05, 0) is 47.8 Å². The predicted octanol–water partition coefficient (Wildman–Crippen LogP) is 3.02. The van der Waals surface area contributed by atoms with Crippen LogP contribution >= 0.6 is 11.6 Å². The number of aromatic nitrogens is 2. The van der Waals surface area contributed by atoms with Crippen molar-refractivity contribution in [3.05, 3.63) is 52.3 Å². The fourth-order valence-corrected chi connectivity index (χ4v) is 2.66. The first-order valence-electron chi connectivity index (χ1n) is 6.40. The average Bonchev–Trinajstić information content (AvgIpc) is 2.97. The minimum absolute atomic E-state index is 0.113. The van der Waals surface area contributed by atoms with Crippen LogP contribution in [-0.4, -0.2) is 21.5 Å². The summed E-state index contributed by atoms with van der Waals surface area (Å²) in [6.07, 6.45) is 6.15. The van der Waals surface area contributed by atoms with E-state index in [-0.39, 0.29) is 6.61 Å². The van der Waals surface area contributed by atoms with Gasteiger partial charge in [0.2, 0.25) is 0 Å². The first kappa shape index (κ1) is 12.5. The molecule has 4 heteroatoms. The molecule has 98 valence electrons. The molecular weight excluding hydrogens is 260 g/mol. The second kappa shape index (κ2) is 5.19. The molecule has 0 spiro atoms. The summed E-state index contributed by atoms with van der Waals surface area (Å²) in [6, 6.07) is 7.82. The van der Waals surface area contributed by atoms with E-state index in [1.165, 1.54) is 16.8 Å². The van der Waals surface area contributed by atoms with Gasteiger partial charge >= 0.3 is 0 Å². The van der Waals surface area contributed by atoms with Crippen LogP contribution in [0.3, 0.4) is 0 Å². The summed E-state index contributed by atoms with van der Waals surface area (Å²) < 4.78 is 1.89. The van der Waals surface area contributed by atoms with Crippen LogP contribution in [0.4, 0.5) is 0 Å². The Morgan fingerprint density at radius 2 is 2.05 bits per heavy atom. The Hall–Kier alpha value is -1.58. The molecule has 0 amide bonds. The highest BCUT2D eigenvalue weighted by molar-refractivity contribution is 6.30. The van der Waals surface area contributed by atoms with Crippen molar-refractivity contribution in [3.63, 3.8) is 0 Å². The molecule has 1 aliphatic carbocycles. The minimum Gasteiger partial charge on any atom is -0.394 e. The summed E-state index contributed by atoms with van der Waals surface area (Å²) in [4.78, 5) is 0. The number of aliphatic hydroxyl groups is 1. The number of halogens is 1. The van der Waals surface area contributed by atoms with Gasteiger partial charge in [0, 0.05) is 5.02 Å². The van der Waals surface area contributed by atoms with E-state index in [4.69, 9.17) is 16.7 Å². The number of benzene rings is 1. The third kappa shape index (κ3) is 2.44.